The lowest BCUT2D eigenvalue weighted by Gasteiger charge is -2.43. The normalized spacial score (nSPS) is 35.2. The van der Waals surface area contributed by atoms with Crippen LogP contribution >= 0.6 is 0 Å². The predicted molar refractivity (Wildman–Crippen MR) is 58.6 cm³/mol. The van der Waals surface area contributed by atoms with Crippen LogP contribution < -0.4 is 5.73 Å². The molecule has 1 saturated carbocycles. The van der Waals surface area contributed by atoms with E-state index in [4.69, 9.17) is 15.2 Å². The third-order valence-electron chi connectivity index (χ3n) is 3.75. The number of hydrogen-bond donors (Lipinski definition) is 1. The highest BCUT2D eigenvalue weighted by atomic mass is 16.7. The van der Waals surface area contributed by atoms with Gasteiger partial charge >= 0.3 is 0 Å². The average molecular weight is 214 g/mol. The number of ether oxygens (including phenoxy) is 2. The Kier molecular flexibility index (Phi) is 3.30. The van der Waals surface area contributed by atoms with Crippen LogP contribution in [0.1, 0.15) is 26.2 Å². The SMILES string of the molecule is CCN(C)C1CC2(CCC1N)OCCO2. The van der Waals surface area contributed by atoms with Gasteiger partial charge in [-0.3, -0.25) is 0 Å². The van der Waals surface area contributed by atoms with Crippen LogP contribution in [-0.4, -0.2) is 49.6 Å². The molecular weight excluding hydrogens is 192 g/mol. The molecule has 2 unspecified atom stereocenters. The van der Waals surface area contributed by atoms with Crippen LogP contribution in [-0.2, 0) is 9.47 Å². The Bertz CT molecular complexity index is 213. The zero-order valence-corrected chi connectivity index (χ0v) is 9.74. The maximum atomic E-state index is 6.15. The summed E-state index contributed by atoms with van der Waals surface area (Å²) in [5, 5.41) is 0. The minimum absolute atomic E-state index is 0.258. The van der Waals surface area contributed by atoms with E-state index in [0.29, 0.717) is 6.04 Å². The zero-order valence-electron chi connectivity index (χ0n) is 9.74. The summed E-state index contributed by atoms with van der Waals surface area (Å²) in [5.74, 6) is -0.316. The minimum Gasteiger partial charge on any atom is -0.347 e. The lowest BCUT2D eigenvalue weighted by Crippen LogP contribution is -2.55. The van der Waals surface area contributed by atoms with Crippen LogP contribution in [0.25, 0.3) is 0 Å². The highest BCUT2D eigenvalue weighted by Crippen LogP contribution is 2.36. The Morgan fingerprint density at radius 3 is 2.67 bits per heavy atom. The maximum Gasteiger partial charge on any atom is 0.170 e. The second-order valence-corrected chi connectivity index (χ2v) is 4.65. The molecule has 2 N–H and O–H groups in total. The number of likely N-dealkylation sites (N-methyl/N-ethyl adjacent to an activating group) is 1. The van der Waals surface area contributed by atoms with Crippen molar-refractivity contribution in [2.24, 2.45) is 5.73 Å². The molecule has 2 fully saturated rings. The summed E-state index contributed by atoms with van der Waals surface area (Å²) in [6.07, 6.45) is 2.86. The van der Waals surface area contributed by atoms with Crippen LogP contribution in [0.5, 0.6) is 0 Å². The van der Waals surface area contributed by atoms with E-state index < -0.39 is 0 Å². The van der Waals surface area contributed by atoms with Crippen LogP contribution in [0.2, 0.25) is 0 Å². The number of nitrogens with two attached hydrogens (primary N) is 1. The molecule has 0 amide bonds. The molecule has 4 nitrogen and oxygen atoms in total. The molecule has 15 heavy (non-hydrogen) atoms. The fourth-order valence-corrected chi connectivity index (χ4v) is 2.63. The maximum absolute atomic E-state index is 6.15. The number of nitrogens with zero attached hydrogens (tertiary/aromatic N) is 1. The lowest BCUT2D eigenvalue weighted by molar-refractivity contribution is -0.190. The molecule has 4 heteroatoms. The van der Waals surface area contributed by atoms with Gasteiger partial charge in [0.2, 0.25) is 0 Å². The van der Waals surface area contributed by atoms with Crippen molar-refractivity contribution in [1.82, 2.24) is 4.90 Å². The van der Waals surface area contributed by atoms with E-state index in [9.17, 15) is 0 Å². The molecule has 2 aliphatic rings. The van der Waals surface area contributed by atoms with Gasteiger partial charge in [-0.1, -0.05) is 6.92 Å². The summed E-state index contributed by atoms with van der Waals surface area (Å²) in [6, 6.07) is 0.648. The molecule has 0 bridgehead atoms. The molecule has 2 rings (SSSR count). The van der Waals surface area contributed by atoms with E-state index in [1.807, 2.05) is 0 Å². The van der Waals surface area contributed by atoms with Gasteiger partial charge in [0.15, 0.2) is 5.79 Å². The van der Waals surface area contributed by atoms with Gasteiger partial charge in [-0.15, -0.1) is 0 Å². The highest BCUT2D eigenvalue weighted by Gasteiger charge is 2.44. The van der Waals surface area contributed by atoms with Crippen molar-refractivity contribution >= 4 is 0 Å². The number of hydrogen-bond acceptors (Lipinski definition) is 4. The summed E-state index contributed by atoms with van der Waals surface area (Å²) < 4.78 is 11.5. The van der Waals surface area contributed by atoms with Crippen molar-refractivity contribution in [3.63, 3.8) is 0 Å². The quantitative estimate of drug-likeness (QED) is 0.729. The Morgan fingerprint density at radius 1 is 1.40 bits per heavy atom. The fraction of sp³-hybridized carbons (Fsp3) is 1.00. The van der Waals surface area contributed by atoms with E-state index in [-0.39, 0.29) is 11.8 Å². The fourth-order valence-electron chi connectivity index (χ4n) is 2.63. The minimum atomic E-state index is -0.316. The van der Waals surface area contributed by atoms with Crippen molar-refractivity contribution in [2.45, 2.75) is 44.1 Å². The molecule has 1 aliphatic heterocycles. The molecule has 1 aliphatic carbocycles. The van der Waals surface area contributed by atoms with Crippen molar-refractivity contribution in [3.8, 4) is 0 Å². The summed E-state index contributed by atoms with van der Waals surface area (Å²) in [6.45, 7) is 4.65. The second kappa shape index (κ2) is 4.37. The Balaban J connectivity index is 2.03. The van der Waals surface area contributed by atoms with Crippen LogP contribution in [0.4, 0.5) is 0 Å². The molecule has 1 spiro atoms. The van der Waals surface area contributed by atoms with E-state index in [1.165, 1.54) is 0 Å². The predicted octanol–water partition coefficient (Wildman–Crippen LogP) is 0.561. The molecule has 0 aromatic carbocycles. The topological polar surface area (TPSA) is 47.7 Å². The van der Waals surface area contributed by atoms with Gasteiger partial charge in [0.25, 0.3) is 0 Å². The zero-order chi connectivity index (χ0) is 10.9. The Labute approximate surface area is 91.7 Å². The van der Waals surface area contributed by atoms with E-state index in [0.717, 1.165) is 39.0 Å². The van der Waals surface area contributed by atoms with Gasteiger partial charge in [0.1, 0.15) is 0 Å². The first kappa shape index (κ1) is 11.3. The summed E-state index contributed by atoms with van der Waals surface area (Å²) in [7, 11) is 2.12. The number of rotatable bonds is 2. The first-order chi connectivity index (χ1) is 7.17. The smallest absolute Gasteiger partial charge is 0.170 e. The molecule has 2 atom stereocenters. The van der Waals surface area contributed by atoms with Crippen molar-refractivity contribution in [2.75, 3.05) is 26.8 Å². The molecular formula is C11H22N2O2. The van der Waals surface area contributed by atoms with Crippen LogP contribution in [0.3, 0.4) is 0 Å². The van der Waals surface area contributed by atoms with Gasteiger partial charge in [-0.05, 0) is 20.0 Å². The largest absolute Gasteiger partial charge is 0.347 e. The van der Waals surface area contributed by atoms with E-state index >= 15 is 0 Å². The van der Waals surface area contributed by atoms with E-state index in [1.54, 1.807) is 0 Å². The molecule has 0 aromatic rings. The Morgan fingerprint density at radius 2 is 2.07 bits per heavy atom. The van der Waals surface area contributed by atoms with Crippen molar-refractivity contribution in [1.29, 1.82) is 0 Å². The highest BCUT2D eigenvalue weighted by molar-refractivity contribution is 4.94. The third kappa shape index (κ3) is 2.18. The molecule has 0 radical (unpaired) electrons. The van der Waals surface area contributed by atoms with Crippen molar-refractivity contribution < 1.29 is 9.47 Å². The first-order valence-corrected chi connectivity index (χ1v) is 5.90. The summed E-state index contributed by atoms with van der Waals surface area (Å²) >= 11 is 0. The van der Waals surface area contributed by atoms with Gasteiger partial charge in [0.05, 0.1) is 13.2 Å². The van der Waals surface area contributed by atoms with Gasteiger partial charge < -0.3 is 20.1 Å². The Hall–Kier alpha value is -0.160. The summed E-state index contributed by atoms with van der Waals surface area (Å²) in [5.41, 5.74) is 6.15. The average Bonchev–Trinajstić information content (AvgIpc) is 2.70. The standard InChI is InChI=1S/C11H22N2O2/c1-3-13(2)10-8-11(5-4-9(10)12)14-6-7-15-11/h9-10H,3-8,12H2,1-2H3. The third-order valence-corrected chi connectivity index (χ3v) is 3.75. The molecule has 88 valence electrons. The first-order valence-electron chi connectivity index (χ1n) is 5.90. The van der Waals surface area contributed by atoms with E-state index in [2.05, 4.69) is 18.9 Å². The van der Waals surface area contributed by atoms with Gasteiger partial charge in [-0.25, -0.2) is 0 Å². The van der Waals surface area contributed by atoms with Gasteiger partial charge in [-0.2, -0.15) is 0 Å². The van der Waals surface area contributed by atoms with Crippen LogP contribution in [0, 0.1) is 0 Å². The second-order valence-electron chi connectivity index (χ2n) is 4.65. The molecule has 1 saturated heterocycles. The van der Waals surface area contributed by atoms with Gasteiger partial charge in [0, 0.05) is 24.9 Å². The van der Waals surface area contributed by atoms with Crippen LogP contribution in [0.15, 0.2) is 0 Å². The molecule has 1 heterocycles. The molecule has 0 aromatic heterocycles. The lowest BCUT2D eigenvalue weighted by atomic mass is 9.85. The van der Waals surface area contributed by atoms with Crippen molar-refractivity contribution in [3.05, 3.63) is 0 Å². The monoisotopic (exact) mass is 214 g/mol. The summed E-state index contributed by atoms with van der Waals surface area (Å²) in [4.78, 5) is 2.30.